The van der Waals surface area contributed by atoms with Crippen LogP contribution in [0, 0.1) is 6.92 Å². The first kappa shape index (κ1) is 18.1. The smallest absolute Gasteiger partial charge is 0.0319 e. The normalized spacial score (nSPS) is 6.08. The molecule has 0 fully saturated rings. The Labute approximate surface area is 83.4 Å². The van der Waals surface area contributed by atoms with Crippen molar-refractivity contribution in [2.75, 3.05) is 7.11 Å². The first-order chi connectivity index (χ1) is 6.39. The molecule has 1 heteroatoms. The van der Waals surface area contributed by atoms with Crippen molar-refractivity contribution in [1.82, 2.24) is 0 Å². The van der Waals surface area contributed by atoms with Crippen molar-refractivity contribution < 1.29 is 5.11 Å². The van der Waals surface area contributed by atoms with E-state index < -0.39 is 0 Å². The van der Waals surface area contributed by atoms with Crippen molar-refractivity contribution in [3.05, 3.63) is 35.9 Å². The Hall–Kier alpha value is -0.820. The fourth-order valence-electron chi connectivity index (χ4n) is 0.534. The summed E-state index contributed by atoms with van der Waals surface area (Å²) in [7, 11) is 1.00. The van der Waals surface area contributed by atoms with Crippen LogP contribution in [0.15, 0.2) is 30.3 Å². The molecule has 0 aliphatic heterocycles. The van der Waals surface area contributed by atoms with E-state index in [9.17, 15) is 0 Å². The Kier molecular flexibility index (Phi) is 31.2. The van der Waals surface area contributed by atoms with E-state index in [0.29, 0.717) is 0 Å². The van der Waals surface area contributed by atoms with Gasteiger partial charge in [-0.25, -0.2) is 0 Å². The van der Waals surface area contributed by atoms with Gasteiger partial charge in [0.1, 0.15) is 0 Å². The molecule has 0 aliphatic carbocycles. The maximum Gasteiger partial charge on any atom is 0.0319 e. The fraction of sp³-hybridized carbons (Fsp3) is 0.500. The Bertz CT molecular complexity index is 135. The largest absolute Gasteiger partial charge is 0.400 e. The Morgan fingerprint density at radius 3 is 1.23 bits per heavy atom. The van der Waals surface area contributed by atoms with E-state index in [-0.39, 0.29) is 0 Å². The van der Waals surface area contributed by atoms with Crippen molar-refractivity contribution in [3.8, 4) is 0 Å². The molecule has 1 N–H and O–H groups in total. The van der Waals surface area contributed by atoms with E-state index in [4.69, 9.17) is 5.11 Å². The molecule has 13 heavy (non-hydrogen) atoms. The molecule has 1 nitrogen and oxygen atoms in total. The van der Waals surface area contributed by atoms with Gasteiger partial charge in [0.25, 0.3) is 0 Å². The Balaban J connectivity index is -0.000000144. The molecule has 0 aliphatic rings. The molecular weight excluding hydrogens is 160 g/mol. The second-order valence-electron chi connectivity index (χ2n) is 1.65. The molecule has 0 radical (unpaired) electrons. The summed E-state index contributed by atoms with van der Waals surface area (Å²) in [6.07, 6.45) is 0. The number of benzene rings is 1. The molecule has 1 aromatic carbocycles. The molecule has 0 spiro atoms. The summed E-state index contributed by atoms with van der Waals surface area (Å²) in [6.45, 7) is 10.1. The highest BCUT2D eigenvalue weighted by Crippen LogP contribution is 1.92. The van der Waals surface area contributed by atoms with Crippen LogP contribution in [0.25, 0.3) is 0 Å². The molecule has 0 atom stereocenters. The van der Waals surface area contributed by atoms with Crippen LogP contribution in [-0.4, -0.2) is 12.2 Å². The van der Waals surface area contributed by atoms with Crippen LogP contribution in [0.1, 0.15) is 33.3 Å². The third-order valence-electron chi connectivity index (χ3n) is 0.940. The summed E-state index contributed by atoms with van der Waals surface area (Å²) in [5, 5.41) is 7.00. The molecule has 0 bridgehead atoms. The lowest BCUT2D eigenvalue weighted by atomic mass is 10.2. The maximum atomic E-state index is 7.00. The summed E-state index contributed by atoms with van der Waals surface area (Å²) in [4.78, 5) is 0. The molecule has 0 amide bonds. The minimum absolute atomic E-state index is 1.00. The standard InChI is InChI=1S/C7H8.2C2H6.CH4O/c1-7-5-3-2-4-6-7;3*1-2/h2-6H,1H3;2*1-2H3;2H,1H3. The van der Waals surface area contributed by atoms with Crippen LogP contribution in [0.3, 0.4) is 0 Å². The molecule has 0 aromatic heterocycles. The van der Waals surface area contributed by atoms with E-state index in [2.05, 4.69) is 19.1 Å². The minimum Gasteiger partial charge on any atom is -0.400 e. The van der Waals surface area contributed by atoms with Gasteiger partial charge in [-0.2, -0.15) is 0 Å². The first-order valence-electron chi connectivity index (χ1n) is 4.86. The Morgan fingerprint density at radius 2 is 1.08 bits per heavy atom. The lowest BCUT2D eigenvalue weighted by Gasteiger charge is -1.82. The van der Waals surface area contributed by atoms with E-state index in [1.807, 2.05) is 45.9 Å². The number of rotatable bonds is 0. The summed E-state index contributed by atoms with van der Waals surface area (Å²) in [5.74, 6) is 0. The average molecular weight is 184 g/mol. The fourth-order valence-corrected chi connectivity index (χ4v) is 0.534. The van der Waals surface area contributed by atoms with Gasteiger partial charge in [0, 0.05) is 7.11 Å². The van der Waals surface area contributed by atoms with E-state index >= 15 is 0 Å². The molecule has 1 aromatic rings. The molecule has 1 rings (SSSR count). The quantitative estimate of drug-likeness (QED) is 0.652. The summed E-state index contributed by atoms with van der Waals surface area (Å²) >= 11 is 0. The van der Waals surface area contributed by atoms with Crippen molar-refractivity contribution >= 4 is 0 Å². The molecule has 78 valence electrons. The topological polar surface area (TPSA) is 20.2 Å². The second-order valence-corrected chi connectivity index (χ2v) is 1.65. The van der Waals surface area contributed by atoms with Gasteiger partial charge in [-0.15, -0.1) is 0 Å². The highest BCUT2D eigenvalue weighted by Gasteiger charge is 1.72. The average Bonchev–Trinajstić information content (AvgIpc) is 2.28. The number of aliphatic hydroxyl groups is 1. The zero-order valence-corrected chi connectivity index (χ0v) is 9.83. The highest BCUT2D eigenvalue weighted by atomic mass is 16.2. The molecule has 0 heterocycles. The summed E-state index contributed by atoms with van der Waals surface area (Å²) < 4.78 is 0. The maximum absolute atomic E-state index is 7.00. The van der Waals surface area contributed by atoms with Crippen LogP contribution in [0.5, 0.6) is 0 Å². The van der Waals surface area contributed by atoms with Gasteiger partial charge in [0.15, 0.2) is 0 Å². The van der Waals surface area contributed by atoms with E-state index in [0.717, 1.165) is 7.11 Å². The van der Waals surface area contributed by atoms with Crippen LogP contribution < -0.4 is 0 Å². The highest BCUT2D eigenvalue weighted by molar-refractivity contribution is 5.11. The summed E-state index contributed by atoms with van der Waals surface area (Å²) in [5.41, 5.74) is 1.32. The number of aryl methyl sites for hydroxylation is 1. The zero-order chi connectivity index (χ0) is 11.1. The van der Waals surface area contributed by atoms with Gasteiger partial charge >= 0.3 is 0 Å². The van der Waals surface area contributed by atoms with Gasteiger partial charge in [-0.05, 0) is 6.92 Å². The SMILES string of the molecule is CC.CC.CO.Cc1ccccc1. The van der Waals surface area contributed by atoms with Gasteiger partial charge in [-0.3, -0.25) is 0 Å². The third-order valence-corrected chi connectivity index (χ3v) is 0.940. The van der Waals surface area contributed by atoms with Crippen LogP contribution in [0.2, 0.25) is 0 Å². The van der Waals surface area contributed by atoms with Crippen LogP contribution >= 0.6 is 0 Å². The lowest BCUT2D eigenvalue weighted by Crippen LogP contribution is -1.62. The van der Waals surface area contributed by atoms with Gasteiger partial charge in [-0.1, -0.05) is 63.6 Å². The number of aliphatic hydroxyl groups excluding tert-OH is 1. The van der Waals surface area contributed by atoms with Crippen molar-refractivity contribution in [2.45, 2.75) is 34.6 Å². The molecular formula is C12H24O. The molecule has 0 unspecified atom stereocenters. The molecule has 0 saturated carbocycles. The summed E-state index contributed by atoms with van der Waals surface area (Å²) in [6, 6.07) is 10.3. The monoisotopic (exact) mass is 184 g/mol. The minimum atomic E-state index is 1.00. The predicted octanol–water partition coefficient (Wildman–Crippen LogP) is 3.66. The Morgan fingerprint density at radius 1 is 0.769 bits per heavy atom. The van der Waals surface area contributed by atoms with Crippen LogP contribution in [-0.2, 0) is 0 Å². The first-order valence-corrected chi connectivity index (χ1v) is 4.86. The van der Waals surface area contributed by atoms with Crippen molar-refractivity contribution in [3.63, 3.8) is 0 Å². The van der Waals surface area contributed by atoms with Gasteiger partial charge < -0.3 is 5.11 Å². The van der Waals surface area contributed by atoms with E-state index in [1.165, 1.54) is 5.56 Å². The van der Waals surface area contributed by atoms with Gasteiger partial charge in [0.2, 0.25) is 0 Å². The van der Waals surface area contributed by atoms with Crippen molar-refractivity contribution in [2.24, 2.45) is 0 Å². The van der Waals surface area contributed by atoms with Crippen LogP contribution in [0.4, 0.5) is 0 Å². The second kappa shape index (κ2) is 22.5. The van der Waals surface area contributed by atoms with Crippen molar-refractivity contribution in [1.29, 1.82) is 0 Å². The van der Waals surface area contributed by atoms with E-state index in [1.54, 1.807) is 0 Å². The molecule has 0 saturated heterocycles. The lowest BCUT2D eigenvalue weighted by molar-refractivity contribution is 0.399. The third kappa shape index (κ3) is 18.3. The van der Waals surface area contributed by atoms with Gasteiger partial charge in [0.05, 0.1) is 0 Å². The zero-order valence-electron chi connectivity index (χ0n) is 9.83. The predicted molar refractivity (Wildman–Crippen MR) is 62.0 cm³/mol. The number of hydrogen-bond acceptors (Lipinski definition) is 1. The number of hydrogen-bond donors (Lipinski definition) is 1.